The van der Waals surface area contributed by atoms with Gasteiger partial charge in [0.05, 0.1) is 12.1 Å². The summed E-state index contributed by atoms with van der Waals surface area (Å²) in [5, 5.41) is 9.96. The Morgan fingerprint density at radius 1 is 1.15 bits per heavy atom. The molecule has 5 rings (SSSR count). The third kappa shape index (κ3) is 5.13. The predicted molar refractivity (Wildman–Crippen MR) is 137 cm³/mol. The van der Waals surface area contributed by atoms with E-state index >= 15 is 0 Å². The highest BCUT2D eigenvalue weighted by Crippen LogP contribution is 2.31. The van der Waals surface area contributed by atoms with Gasteiger partial charge in [-0.2, -0.15) is 0 Å². The van der Waals surface area contributed by atoms with E-state index in [4.69, 9.17) is 0 Å². The molecule has 0 bridgehead atoms. The molecule has 172 valence electrons. The van der Waals surface area contributed by atoms with Gasteiger partial charge in [-0.25, -0.2) is 0 Å². The first-order valence-corrected chi connectivity index (χ1v) is 12.7. The minimum Gasteiger partial charge on any atom is -0.380 e. The van der Waals surface area contributed by atoms with Crippen LogP contribution in [-0.2, 0) is 6.54 Å². The summed E-state index contributed by atoms with van der Waals surface area (Å²) in [6, 6.07) is 19.4. The van der Waals surface area contributed by atoms with Gasteiger partial charge < -0.3 is 16.0 Å². The first-order chi connectivity index (χ1) is 16.0. The third-order valence-corrected chi connectivity index (χ3v) is 7.76. The fraction of sp³-hybridized carbons (Fsp3) is 0.370. The van der Waals surface area contributed by atoms with Gasteiger partial charge in [-0.15, -0.1) is 11.3 Å². The van der Waals surface area contributed by atoms with Crippen LogP contribution in [0.3, 0.4) is 0 Å². The van der Waals surface area contributed by atoms with Gasteiger partial charge in [0.1, 0.15) is 0 Å². The summed E-state index contributed by atoms with van der Waals surface area (Å²) in [6.45, 7) is 9.47. The lowest BCUT2D eigenvalue weighted by Gasteiger charge is -2.29. The number of nitrogens with one attached hydrogen (secondary N) is 3. The fourth-order valence-corrected chi connectivity index (χ4v) is 5.33. The summed E-state index contributed by atoms with van der Waals surface area (Å²) >= 11 is 1.87. The van der Waals surface area contributed by atoms with Crippen LogP contribution in [0.1, 0.15) is 45.7 Å². The van der Waals surface area contributed by atoms with Crippen LogP contribution in [0.25, 0.3) is 10.4 Å². The molecule has 0 saturated carbocycles. The fourth-order valence-electron chi connectivity index (χ4n) is 4.28. The first-order valence-electron chi connectivity index (χ1n) is 11.9. The van der Waals surface area contributed by atoms with Crippen molar-refractivity contribution >= 4 is 22.9 Å². The molecular formula is C27H32N4OS. The Labute approximate surface area is 200 Å². The van der Waals surface area contributed by atoms with Crippen molar-refractivity contribution in [3.8, 4) is 10.4 Å². The second-order valence-electron chi connectivity index (χ2n) is 9.25. The van der Waals surface area contributed by atoms with Crippen molar-refractivity contribution < 1.29 is 4.79 Å². The van der Waals surface area contributed by atoms with Crippen LogP contribution in [0.4, 0.5) is 5.69 Å². The van der Waals surface area contributed by atoms with E-state index < -0.39 is 0 Å². The topological polar surface area (TPSA) is 56.4 Å². The molecule has 2 fully saturated rings. The van der Waals surface area contributed by atoms with Gasteiger partial charge in [-0.3, -0.25) is 9.69 Å². The molecule has 1 unspecified atom stereocenters. The quantitative estimate of drug-likeness (QED) is 0.452. The van der Waals surface area contributed by atoms with Crippen molar-refractivity contribution in [1.82, 2.24) is 15.5 Å². The van der Waals surface area contributed by atoms with Gasteiger partial charge in [-0.1, -0.05) is 24.3 Å². The summed E-state index contributed by atoms with van der Waals surface area (Å²) < 4.78 is 0. The molecule has 2 aliphatic heterocycles. The molecule has 2 aromatic carbocycles. The van der Waals surface area contributed by atoms with Crippen molar-refractivity contribution in [2.45, 2.75) is 38.9 Å². The normalized spacial score (nSPS) is 17.2. The lowest BCUT2D eigenvalue weighted by molar-refractivity contribution is 0.0939. The third-order valence-electron chi connectivity index (χ3n) is 6.64. The van der Waals surface area contributed by atoms with E-state index in [2.05, 4.69) is 70.2 Å². The summed E-state index contributed by atoms with van der Waals surface area (Å²) in [4.78, 5) is 18.3. The Morgan fingerprint density at radius 3 is 2.73 bits per heavy atom. The lowest BCUT2D eigenvalue weighted by atomic mass is 10.0. The number of hydrogen-bond acceptors (Lipinski definition) is 5. The van der Waals surface area contributed by atoms with Gasteiger partial charge >= 0.3 is 0 Å². The van der Waals surface area contributed by atoms with E-state index in [0.29, 0.717) is 6.04 Å². The SMILES string of the molecule is Cc1ccc(NC2CNC2)cc1C(=O)NC(C)c1cccc(-c2ccc(CN3CCC3)s2)c1. The van der Waals surface area contributed by atoms with Crippen LogP contribution in [-0.4, -0.2) is 43.0 Å². The maximum atomic E-state index is 13.1. The van der Waals surface area contributed by atoms with E-state index in [1.54, 1.807) is 0 Å². The number of aryl methyl sites for hydroxylation is 1. The number of hydrogen-bond donors (Lipinski definition) is 3. The summed E-state index contributed by atoms with van der Waals surface area (Å²) in [5.74, 6) is -0.0336. The summed E-state index contributed by atoms with van der Waals surface area (Å²) in [7, 11) is 0. The van der Waals surface area contributed by atoms with E-state index in [9.17, 15) is 4.79 Å². The Bertz CT molecular complexity index is 1130. The Kier molecular flexibility index (Phi) is 6.49. The van der Waals surface area contributed by atoms with E-state index in [-0.39, 0.29) is 11.9 Å². The van der Waals surface area contributed by atoms with Crippen LogP contribution in [0.15, 0.2) is 54.6 Å². The minimum absolute atomic E-state index is 0.0336. The zero-order chi connectivity index (χ0) is 22.8. The molecule has 1 amide bonds. The molecule has 33 heavy (non-hydrogen) atoms. The highest BCUT2D eigenvalue weighted by Gasteiger charge is 2.19. The number of likely N-dealkylation sites (tertiary alicyclic amines) is 1. The summed E-state index contributed by atoms with van der Waals surface area (Å²) in [6.07, 6.45) is 1.32. The maximum Gasteiger partial charge on any atom is 0.252 e. The molecule has 3 N–H and O–H groups in total. The van der Waals surface area contributed by atoms with Crippen LogP contribution < -0.4 is 16.0 Å². The molecule has 3 heterocycles. The Morgan fingerprint density at radius 2 is 2.00 bits per heavy atom. The number of amides is 1. The molecule has 1 atom stereocenters. The van der Waals surface area contributed by atoms with Gasteiger partial charge in [-0.05, 0) is 80.4 Å². The Balaban J connectivity index is 1.26. The molecule has 2 saturated heterocycles. The maximum absolute atomic E-state index is 13.1. The second kappa shape index (κ2) is 9.67. The zero-order valence-corrected chi connectivity index (χ0v) is 20.2. The van der Waals surface area contributed by atoms with Crippen molar-refractivity contribution in [3.05, 3.63) is 76.2 Å². The number of anilines is 1. The molecule has 2 aliphatic rings. The standard InChI is InChI=1S/C27H32N4OS/c1-18-7-8-22(30-23-15-28-16-23)14-25(18)27(32)29-19(2)20-5-3-6-21(13-20)26-10-9-24(33-26)17-31-11-4-12-31/h3,5-10,13-14,19,23,28,30H,4,11-12,15-17H2,1-2H3,(H,29,32). The van der Waals surface area contributed by atoms with Crippen LogP contribution in [0.5, 0.6) is 0 Å². The average Bonchev–Trinajstić information content (AvgIpc) is 3.23. The second-order valence-corrected chi connectivity index (χ2v) is 10.4. The molecule has 0 aliphatic carbocycles. The molecule has 0 radical (unpaired) electrons. The van der Waals surface area contributed by atoms with Gasteiger partial charge in [0.15, 0.2) is 0 Å². The largest absolute Gasteiger partial charge is 0.380 e. The monoisotopic (exact) mass is 460 g/mol. The zero-order valence-electron chi connectivity index (χ0n) is 19.4. The molecular weight excluding hydrogens is 428 g/mol. The Hall–Kier alpha value is -2.67. The molecule has 1 aromatic heterocycles. The van der Waals surface area contributed by atoms with Crippen molar-refractivity contribution in [2.75, 3.05) is 31.5 Å². The van der Waals surface area contributed by atoms with Crippen molar-refractivity contribution in [1.29, 1.82) is 0 Å². The summed E-state index contributed by atoms with van der Waals surface area (Å²) in [5.41, 5.74) is 5.04. The number of carbonyl (C=O) groups excluding carboxylic acids is 1. The number of nitrogens with zero attached hydrogens (tertiary/aromatic N) is 1. The van der Waals surface area contributed by atoms with Gasteiger partial charge in [0.25, 0.3) is 5.91 Å². The molecule has 6 heteroatoms. The predicted octanol–water partition coefficient (Wildman–Crippen LogP) is 4.80. The van der Waals surface area contributed by atoms with E-state index in [1.165, 1.54) is 34.8 Å². The smallest absolute Gasteiger partial charge is 0.252 e. The van der Waals surface area contributed by atoms with Crippen LogP contribution in [0, 0.1) is 6.92 Å². The highest BCUT2D eigenvalue weighted by atomic mass is 32.1. The lowest BCUT2D eigenvalue weighted by Crippen LogP contribution is -2.51. The van der Waals surface area contributed by atoms with E-state index in [1.807, 2.05) is 30.4 Å². The molecule has 0 spiro atoms. The average molecular weight is 461 g/mol. The molecule has 3 aromatic rings. The molecule has 5 nitrogen and oxygen atoms in total. The number of carbonyl (C=O) groups is 1. The van der Waals surface area contributed by atoms with Crippen LogP contribution >= 0.6 is 11.3 Å². The highest BCUT2D eigenvalue weighted by molar-refractivity contribution is 7.15. The first kappa shape index (κ1) is 22.1. The van der Waals surface area contributed by atoms with Gasteiger partial charge in [0, 0.05) is 40.6 Å². The number of rotatable bonds is 8. The van der Waals surface area contributed by atoms with Crippen molar-refractivity contribution in [2.24, 2.45) is 0 Å². The minimum atomic E-state index is -0.0789. The van der Waals surface area contributed by atoms with Crippen LogP contribution in [0.2, 0.25) is 0 Å². The van der Waals surface area contributed by atoms with Gasteiger partial charge in [0.2, 0.25) is 0 Å². The number of benzene rings is 2. The van der Waals surface area contributed by atoms with Crippen molar-refractivity contribution in [3.63, 3.8) is 0 Å². The number of thiophene rings is 1. The van der Waals surface area contributed by atoms with E-state index in [0.717, 1.165) is 42.0 Å².